The van der Waals surface area contributed by atoms with Gasteiger partial charge in [-0.2, -0.15) is 8.42 Å². The highest BCUT2D eigenvalue weighted by Crippen LogP contribution is 2.23. The van der Waals surface area contributed by atoms with Crippen LogP contribution in [-0.4, -0.2) is 30.8 Å². The molecule has 0 saturated heterocycles. The lowest BCUT2D eigenvalue weighted by molar-refractivity contribution is 0.0956. The zero-order chi connectivity index (χ0) is 14.3. The Balaban J connectivity index is 4.53. The Labute approximate surface area is 110 Å². The van der Waals surface area contributed by atoms with Crippen LogP contribution in [0.2, 0.25) is 0 Å². The maximum atomic E-state index is 10.8. The van der Waals surface area contributed by atoms with E-state index < -0.39 is 16.5 Å². The van der Waals surface area contributed by atoms with Crippen molar-refractivity contribution in [2.75, 3.05) is 6.61 Å². The molecular weight excluding hydrogens is 256 g/mol. The molecule has 0 aromatic heterocycles. The largest absolute Gasteiger partial charge is 0.397 e. The zero-order valence-corrected chi connectivity index (χ0v) is 12.5. The summed E-state index contributed by atoms with van der Waals surface area (Å²) in [6, 6.07) is 0. The molecule has 0 heterocycles. The third kappa shape index (κ3) is 8.85. The quantitative estimate of drug-likeness (QED) is 0.634. The summed E-state index contributed by atoms with van der Waals surface area (Å²) in [6.07, 6.45) is 1.54. The molecule has 0 amide bonds. The molecule has 6 heteroatoms. The fraction of sp³-hybridized carbons (Fsp3) is 1.00. The van der Waals surface area contributed by atoms with Crippen molar-refractivity contribution < 1.29 is 22.3 Å². The van der Waals surface area contributed by atoms with Crippen LogP contribution in [0.5, 0.6) is 0 Å². The summed E-state index contributed by atoms with van der Waals surface area (Å²) in [5, 5.41) is 9.01. The summed E-state index contributed by atoms with van der Waals surface area (Å²) in [5.41, 5.74) is 0. The van der Waals surface area contributed by atoms with Crippen molar-refractivity contribution in [2.45, 2.75) is 53.1 Å². The van der Waals surface area contributed by atoms with Gasteiger partial charge in [-0.15, -0.1) is 0 Å². The predicted molar refractivity (Wildman–Crippen MR) is 70.5 cm³/mol. The molecule has 5 nitrogen and oxygen atoms in total. The van der Waals surface area contributed by atoms with Gasteiger partial charge in [0.1, 0.15) is 0 Å². The lowest BCUT2D eigenvalue weighted by Gasteiger charge is -2.25. The van der Waals surface area contributed by atoms with E-state index >= 15 is 0 Å². The molecule has 0 aromatic carbocycles. The van der Waals surface area contributed by atoms with Gasteiger partial charge in [0.15, 0.2) is 0 Å². The van der Waals surface area contributed by atoms with E-state index in [1.54, 1.807) is 0 Å². The van der Waals surface area contributed by atoms with Crippen LogP contribution in [0.25, 0.3) is 0 Å². The molecule has 0 aliphatic heterocycles. The van der Waals surface area contributed by atoms with Gasteiger partial charge in [0.2, 0.25) is 0 Å². The highest BCUT2D eigenvalue weighted by Gasteiger charge is 2.25. The third-order valence-corrected chi connectivity index (χ3v) is 3.48. The monoisotopic (exact) mass is 282 g/mol. The normalized spacial score (nSPS) is 17.7. The van der Waals surface area contributed by atoms with Crippen LogP contribution in [-0.2, 0) is 14.6 Å². The van der Waals surface area contributed by atoms with Gasteiger partial charge in [0, 0.05) is 6.61 Å². The number of hydrogen-bond donors (Lipinski definition) is 2. The van der Waals surface area contributed by atoms with Crippen LogP contribution >= 0.6 is 0 Å². The van der Waals surface area contributed by atoms with Crippen molar-refractivity contribution in [3.63, 3.8) is 0 Å². The minimum atomic E-state index is -4.42. The second-order valence-corrected chi connectivity index (χ2v) is 6.58. The number of rotatable bonds is 9. The van der Waals surface area contributed by atoms with Crippen LogP contribution in [0.3, 0.4) is 0 Å². The Kier molecular flexibility index (Phi) is 8.02. The van der Waals surface area contributed by atoms with E-state index in [1.165, 1.54) is 0 Å². The second-order valence-electron chi connectivity index (χ2n) is 5.53. The minimum absolute atomic E-state index is 0.0344. The first kappa shape index (κ1) is 17.8. The summed E-state index contributed by atoms with van der Waals surface area (Å²) >= 11 is 0. The maximum absolute atomic E-state index is 10.8. The van der Waals surface area contributed by atoms with E-state index in [4.69, 9.17) is 13.8 Å². The fourth-order valence-corrected chi connectivity index (χ4v) is 2.54. The molecule has 0 rings (SSSR count). The van der Waals surface area contributed by atoms with Gasteiger partial charge < -0.3 is 5.11 Å². The summed E-state index contributed by atoms with van der Waals surface area (Å²) in [5.74, 6) is 0.499. The van der Waals surface area contributed by atoms with E-state index in [2.05, 4.69) is 0 Å². The lowest BCUT2D eigenvalue weighted by atomic mass is 9.90. The average molecular weight is 282 g/mol. The van der Waals surface area contributed by atoms with Crippen LogP contribution < -0.4 is 0 Å². The van der Waals surface area contributed by atoms with Crippen molar-refractivity contribution in [3.05, 3.63) is 0 Å². The van der Waals surface area contributed by atoms with Crippen LogP contribution in [0.4, 0.5) is 0 Å². The number of aliphatic hydroxyl groups excluding tert-OH is 1. The summed E-state index contributed by atoms with van der Waals surface area (Å²) in [6.45, 7) is 7.93. The first-order chi connectivity index (χ1) is 8.15. The van der Waals surface area contributed by atoms with Gasteiger partial charge in [0.25, 0.3) is 0 Å². The molecule has 0 aromatic rings. The summed E-state index contributed by atoms with van der Waals surface area (Å²) in [4.78, 5) is 0. The van der Waals surface area contributed by atoms with E-state index in [0.717, 1.165) is 6.42 Å². The smallest absolute Gasteiger partial charge is 0.396 e. The molecule has 3 unspecified atom stereocenters. The first-order valence-electron chi connectivity index (χ1n) is 6.42. The summed E-state index contributed by atoms with van der Waals surface area (Å²) < 4.78 is 35.2. The lowest BCUT2D eigenvalue weighted by Crippen LogP contribution is -2.27. The maximum Gasteiger partial charge on any atom is 0.397 e. The van der Waals surface area contributed by atoms with E-state index in [0.29, 0.717) is 18.8 Å². The topological polar surface area (TPSA) is 83.8 Å². The van der Waals surface area contributed by atoms with E-state index in [1.807, 2.05) is 27.7 Å². The molecule has 3 atom stereocenters. The molecule has 0 radical (unpaired) electrons. The van der Waals surface area contributed by atoms with Crippen molar-refractivity contribution in [2.24, 2.45) is 17.8 Å². The molecule has 0 bridgehead atoms. The van der Waals surface area contributed by atoms with Crippen LogP contribution in [0, 0.1) is 17.8 Å². The molecule has 0 fully saturated rings. The molecule has 2 N–H and O–H groups in total. The van der Waals surface area contributed by atoms with Crippen molar-refractivity contribution in [1.82, 2.24) is 0 Å². The fourth-order valence-electron chi connectivity index (χ4n) is 1.94. The predicted octanol–water partition coefficient (Wildman–Crippen LogP) is 2.27. The van der Waals surface area contributed by atoms with Gasteiger partial charge in [0.05, 0.1) is 6.10 Å². The third-order valence-electron chi connectivity index (χ3n) is 2.99. The van der Waals surface area contributed by atoms with Gasteiger partial charge in [-0.25, -0.2) is 4.18 Å². The first-order valence-corrected chi connectivity index (χ1v) is 7.78. The standard InChI is InChI=1S/C12H26O5S/c1-9(2)5-6-12(17-18(14,15)16)11(4)7-10(3)8-13/h9-13H,5-8H2,1-4H3,(H,14,15,16). The Morgan fingerprint density at radius 3 is 2.06 bits per heavy atom. The van der Waals surface area contributed by atoms with Crippen molar-refractivity contribution >= 4 is 10.4 Å². The highest BCUT2D eigenvalue weighted by atomic mass is 32.3. The van der Waals surface area contributed by atoms with Crippen LogP contribution in [0.1, 0.15) is 47.0 Å². The molecule has 0 spiro atoms. The molecule has 0 saturated carbocycles. The summed E-state index contributed by atoms with van der Waals surface area (Å²) in [7, 11) is -4.42. The van der Waals surface area contributed by atoms with E-state index in [9.17, 15) is 8.42 Å². The Morgan fingerprint density at radius 2 is 1.67 bits per heavy atom. The second kappa shape index (κ2) is 8.09. The minimum Gasteiger partial charge on any atom is -0.396 e. The van der Waals surface area contributed by atoms with Crippen LogP contribution in [0.15, 0.2) is 0 Å². The Bertz CT molecular complexity index is 312. The van der Waals surface area contributed by atoms with Gasteiger partial charge in [-0.3, -0.25) is 4.55 Å². The Hall–Kier alpha value is -0.170. The highest BCUT2D eigenvalue weighted by molar-refractivity contribution is 7.80. The van der Waals surface area contributed by atoms with Gasteiger partial charge in [-0.1, -0.05) is 27.7 Å². The van der Waals surface area contributed by atoms with Crippen molar-refractivity contribution in [1.29, 1.82) is 0 Å². The van der Waals surface area contributed by atoms with Crippen molar-refractivity contribution in [3.8, 4) is 0 Å². The zero-order valence-electron chi connectivity index (χ0n) is 11.7. The number of aliphatic hydroxyl groups is 1. The SMILES string of the molecule is CC(C)CCC(OS(=O)(=O)O)C(C)CC(C)CO. The molecule has 18 heavy (non-hydrogen) atoms. The Morgan fingerprint density at radius 1 is 1.11 bits per heavy atom. The van der Waals surface area contributed by atoms with Gasteiger partial charge in [-0.05, 0) is 37.0 Å². The van der Waals surface area contributed by atoms with E-state index in [-0.39, 0.29) is 18.4 Å². The molecule has 0 aliphatic rings. The molecular formula is C12H26O5S. The molecule has 110 valence electrons. The average Bonchev–Trinajstić information content (AvgIpc) is 2.22. The van der Waals surface area contributed by atoms with Gasteiger partial charge >= 0.3 is 10.4 Å². The number of hydrogen-bond acceptors (Lipinski definition) is 4. The molecule has 0 aliphatic carbocycles.